The zero-order valence-electron chi connectivity index (χ0n) is 9.91. The fourth-order valence-corrected chi connectivity index (χ4v) is 2.61. The Labute approximate surface area is 120 Å². The second-order valence-corrected chi connectivity index (χ2v) is 5.37. The van der Waals surface area contributed by atoms with E-state index < -0.39 is 0 Å². The van der Waals surface area contributed by atoms with Crippen LogP contribution in [0.15, 0.2) is 30.3 Å². The van der Waals surface area contributed by atoms with Crippen molar-refractivity contribution in [3.63, 3.8) is 0 Å². The third-order valence-corrected chi connectivity index (χ3v) is 4.18. The molecule has 0 radical (unpaired) electrons. The van der Waals surface area contributed by atoms with Crippen molar-refractivity contribution in [3.8, 4) is 5.75 Å². The van der Waals surface area contributed by atoms with Crippen LogP contribution >= 0.6 is 23.2 Å². The first kappa shape index (κ1) is 12.5. The summed E-state index contributed by atoms with van der Waals surface area (Å²) >= 11 is 11.8. The third-order valence-electron chi connectivity index (χ3n) is 3.44. The molecular weight excluding hydrogens is 283 g/mol. The second kappa shape index (κ2) is 4.55. The average Bonchev–Trinajstić information content (AvgIpc) is 2.35. The molecule has 0 atom stereocenters. The number of rotatable bonds is 2. The lowest BCUT2D eigenvalue weighted by Crippen LogP contribution is -2.16. The van der Waals surface area contributed by atoms with Gasteiger partial charge in [-0.25, -0.2) is 0 Å². The minimum atomic E-state index is -0.215. The van der Waals surface area contributed by atoms with E-state index >= 15 is 0 Å². The average molecular weight is 293 g/mol. The summed E-state index contributed by atoms with van der Waals surface area (Å²) in [6, 6.07) is 8.17. The predicted molar refractivity (Wildman–Crippen MR) is 75.4 cm³/mol. The van der Waals surface area contributed by atoms with E-state index in [1.807, 2.05) is 6.07 Å². The fourth-order valence-electron chi connectivity index (χ4n) is 2.32. The first-order chi connectivity index (χ1) is 9.08. The van der Waals surface area contributed by atoms with E-state index in [1.165, 1.54) is 6.07 Å². The zero-order valence-corrected chi connectivity index (χ0v) is 11.4. The molecule has 19 heavy (non-hydrogen) atoms. The lowest BCUT2D eigenvalue weighted by molar-refractivity contribution is 0.103. The number of hydrogen-bond acceptors (Lipinski definition) is 2. The van der Waals surface area contributed by atoms with Crippen LogP contribution in [0.3, 0.4) is 0 Å². The Hall–Kier alpha value is -1.51. The van der Waals surface area contributed by atoms with Crippen molar-refractivity contribution in [3.05, 3.63) is 62.6 Å². The van der Waals surface area contributed by atoms with Crippen molar-refractivity contribution in [2.24, 2.45) is 0 Å². The summed E-state index contributed by atoms with van der Waals surface area (Å²) in [6.45, 7) is 0. The molecule has 96 valence electrons. The van der Waals surface area contributed by atoms with Crippen LogP contribution in [0.4, 0.5) is 0 Å². The lowest BCUT2D eigenvalue weighted by atomic mass is 9.82. The molecule has 0 bridgehead atoms. The molecule has 2 nitrogen and oxygen atoms in total. The van der Waals surface area contributed by atoms with Crippen molar-refractivity contribution in [2.45, 2.75) is 12.8 Å². The van der Waals surface area contributed by atoms with Crippen LogP contribution < -0.4 is 0 Å². The van der Waals surface area contributed by atoms with E-state index in [4.69, 9.17) is 23.2 Å². The van der Waals surface area contributed by atoms with Crippen LogP contribution in [0.1, 0.15) is 27.0 Å². The van der Waals surface area contributed by atoms with Crippen LogP contribution in [0.5, 0.6) is 5.75 Å². The minimum Gasteiger partial charge on any atom is -0.507 e. The highest BCUT2D eigenvalue weighted by atomic mass is 35.5. The Kier molecular flexibility index (Phi) is 3.00. The number of ketones is 1. The molecule has 0 amide bonds. The van der Waals surface area contributed by atoms with Gasteiger partial charge in [-0.05, 0) is 48.2 Å². The van der Waals surface area contributed by atoms with Crippen molar-refractivity contribution in [2.75, 3.05) is 0 Å². The molecule has 0 spiro atoms. The van der Waals surface area contributed by atoms with Gasteiger partial charge in [-0.2, -0.15) is 0 Å². The predicted octanol–water partition coefficient (Wildman–Crippen LogP) is 4.03. The molecular formula is C15H10Cl2O2. The standard InChI is InChI=1S/C15H10Cl2O2/c16-11-5-2-9(7-12(11)17)15(19)14-10-4-1-8(10)3-6-13(14)18/h2-3,5-7,18H,1,4H2. The van der Waals surface area contributed by atoms with Gasteiger partial charge in [-0.3, -0.25) is 4.79 Å². The number of aromatic hydroxyl groups is 1. The molecule has 2 aromatic carbocycles. The van der Waals surface area contributed by atoms with Crippen LogP contribution in [0, 0.1) is 0 Å². The van der Waals surface area contributed by atoms with Crippen molar-refractivity contribution in [1.29, 1.82) is 0 Å². The maximum absolute atomic E-state index is 12.5. The molecule has 0 saturated heterocycles. The molecule has 1 N–H and O–H groups in total. The smallest absolute Gasteiger partial charge is 0.197 e. The van der Waals surface area contributed by atoms with E-state index in [0.717, 1.165) is 24.0 Å². The number of carbonyl (C=O) groups excluding carboxylic acids is 1. The number of carbonyl (C=O) groups is 1. The van der Waals surface area contributed by atoms with Gasteiger partial charge in [0.1, 0.15) is 5.75 Å². The van der Waals surface area contributed by atoms with Crippen LogP contribution in [0.2, 0.25) is 10.0 Å². The maximum atomic E-state index is 12.5. The zero-order chi connectivity index (χ0) is 13.6. The normalized spacial score (nSPS) is 12.7. The van der Waals surface area contributed by atoms with E-state index in [-0.39, 0.29) is 11.5 Å². The number of aryl methyl sites for hydroxylation is 1. The summed E-state index contributed by atoms with van der Waals surface area (Å²) in [4.78, 5) is 12.5. The van der Waals surface area contributed by atoms with Gasteiger partial charge in [-0.15, -0.1) is 0 Å². The number of fused-ring (bicyclic) bond motifs is 1. The summed E-state index contributed by atoms with van der Waals surface area (Å²) < 4.78 is 0. The van der Waals surface area contributed by atoms with E-state index in [1.54, 1.807) is 18.2 Å². The number of benzene rings is 2. The summed E-state index contributed by atoms with van der Waals surface area (Å²) in [5.41, 5.74) is 2.89. The lowest BCUT2D eigenvalue weighted by Gasteiger charge is -2.22. The number of phenols is 1. The summed E-state index contributed by atoms with van der Waals surface area (Å²) in [5, 5.41) is 10.7. The number of phenolic OH excluding ortho intramolecular Hbond substituents is 1. The summed E-state index contributed by atoms with van der Waals surface area (Å²) in [7, 11) is 0. The molecule has 1 aliphatic carbocycles. The molecule has 0 heterocycles. The summed E-state index contributed by atoms with van der Waals surface area (Å²) in [6.07, 6.45) is 1.78. The molecule has 3 rings (SSSR count). The Morgan fingerprint density at radius 1 is 1.05 bits per heavy atom. The highest BCUT2D eigenvalue weighted by Gasteiger charge is 2.25. The highest BCUT2D eigenvalue weighted by Crippen LogP contribution is 2.34. The first-order valence-electron chi connectivity index (χ1n) is 5.91. The molecule has 0 unspecified atom stereocenters. The topological polar surface area (TPSA) is 37.3 Å². The van der Waals surface area contributed by atoms with Gasteiger partial charge >= 0.3 is 0 Å². The van der Waals surface area contributed by atoms with Gasteiger partial charge in [0.15, 0.2) is 5.78 Å². The van der Waals surface area contributed by atoms with E-state index in [0.29, 0.717) is 21.2 Å². The summed E-state index contributed by atoms with van der Waals surface area (Å²) in [5.74, 6) is -0.192. The molecule has 0 saturated carbocycles. The van der Waals surface area contributed by atoms with Gasteiger partial charge in [0.05, 0.1) is 15.6 Å². The second-order valence-electron chi connectivity index (χ2n) is 4.56. The van der Waals surface area contributed by atoms with Crippen molar-refractivity contribution < 1.29 is 9.90 Å². The third kappa shape index (κ3) is 2.01. The Balaban J connectivity index is 2.10. The van der Waals surface area contributed by atoms with Crippen LogP contribution in [0.25, 0.3) is 0 Å². The quantitative estimate of drug-likeness (QED) is 0.849. The van der Waals surface area contributed by atoms with E-state index in [9.17, 15) is 9.90 Å². The van der Waals surface area contributed by atoms with Gasteiger partial charge < -0.3 is 5.11 Å². The number of hydrogen-bond donors (Lipinski definition) is 1. The Bertz CT molecular complexity index is 693. The molecule has 1 aliphatic rings. The SMILES string of the molecule is O=C(c1ccc(Cl)c(Cl)c1)c1c(O)ccc2c1CC2. The van der Waals surface area contributed by atoms with Gasteiger partial charge in [0, 0.05) is 5.56 Å². The Morgan fingerprint density at radius 3 is 2.47 bits per heavy atom. The molecule has 0 fully saturated rings. The van der Waals surface area contributed by atoms with Crippen LogP contribution in [-0.4, -0.2) is 10.9 Å². The van der Waals surface area contributed by atoms with E-state index in [2.05, 4.69) is 0 Å². The van der Waals surface area contributed by atoms with Crippen molar-refractivity contribution >= 4 is 29.0 Å². The highest BCUT2D eigenvalue weighted by molar-refractivity contribution is 6.42. The first-order valence-corrected chi connectivity index (χ1v) is 6.67. The largest absolute Gasteiger partial charge is 0.507 e. The van der Waals surface area contributed by atoms with Gasteiger partial charge in [-0.1, -0.05) is 29.3 Å². The monoisotopic (exact) mass is 292 g/mol. The molecule has 2 aromatic rings. The van der Waals surface area contributed by atoms with Crippen LogP contribution in [-0.2, 0) is 12.8 Å². The molecule has 0 aromatic heterocycles. The fraction of sp³-hybridized carbons (Fsp3) is 0.133. The molecule has 4 heteroatoms. The minimum absolute atomic E-state index is 0.0227. The van der Waals surface area contributed by atoms with Gasteiger partial charge in [0.25, 0.3) is 0 Å². The Morgan fingerprint density at radius 2 is 1.84 bits per heavy atom. The number of halogens is 2. The molecule has 0 aliphatic heterocycles. The van der Waals surface area contributed by atoms with Crippen molar-refractivity contribution in [1.82, 2.24) is 0 Å². The maximum Gasteiger partial charge on any atom is 0.197 e. The van der Waals surface area contributed by atoms with Gasteiger partial charge in [0.2, 0.25) is 0 Å².